The van der Waals surface area contributed by atoms with Crippen molar-refractivity contribution in [2.24, 2.45) is 0 Å². The smallest absolute Gasteiger partial charge is 0.291 e. The number of carbonyl (C=O) groups excluding carboxylic acids is 1. The quantitative estimate of drug-likeness (QED) is 0.744. The standard InChI is InChI=1S/C16H13NO3/c1-10-5-6-11-8-15(20-14(11)7-10)16(19)17-12-3-2-4-13(18)9-12/h2-9,18H,1H3,(H,17,19). The van der Waals surface area contributed by atoms with Crippen molar-refractivity contribution in [2.75, 3.05) is 5.32 Å². The van der Waals surface area contributed by atoms with E-state index < -0.39 is 0 Å². The van der Waals surface area contributed by atoms with Crippen LogP contribution in [-0.2, 0) is 0 Å². The van der Waals surface area contributed by atoms with Crippen molar-refractivity contribution in [3.05, 3.63) is 59.9 Å². The summed E-state index contributed by atoms with van der Waals surface area (Å²) in [6.45, 7) is 1.97. The second kappa shape index (κ2) is 4.74. The number of furan rings is 1. The molecule has 0 aliphatic carbocycles. The number of aromatic hydroxyl groups is 1. The number of fused-ring (bicyclic) bond motifs is 1. The maximum Gasteiger partial charge on any atom is 0.291 e. The van der Waals surface area contributed by atoms with Crippen molar-refractivity contribution in [1.82, 2.24) is 0 Å². The predicted molar refractivity (Wildman–Crippen MR) is 77.0 cm³/mol. The SMILES string of the molecule is Cc1ccc2cc(C(=O)Nc3cccc(O)c3)oc2c1. The van der Waals surface area contributed by atoms with Gasteiger partial charge in [0.25, 0.3) is 5.91 Å². The van der Waals surface area contributed by atoms with E-state index in [0.717, 1.165) is 10.9 Å². The van der Waals surface area contributed by atoms with Gasteiger partial charge in [0.1, 0.15) is 11.3 Å². The Balaban J connectivity index is 1.88. The Hall–Kier alpha value is -2.75. The molecule has 2 N–H and O–H groups in total. The minimum Gasteiger partial charge on any atom is -0.508 e. The summed E-state index contributed by atoms with van der Waals surface area (Å²) in [4.78, 5) is 12.1. The third kappa shape index (κ3) is 2.36. The lowest BCUT2D eigenvalue weighted by molar-refractivity contribution is 0.0998. The van der Waals surface area contributed by atoms with Crippen LogP contribution in [0.1, 0.15) is 16.1 Å². The molecular formula is C16H13NO3. The van der Waals surface area contributed by atoms with E-state index >= 15 is 0 Å². The van der Waals surface area contributed by atoms with Crippen LogP contribution in [-0.4, -0.2) is 11.0 Å². The Morgan fingerprint density at radius 1 is 1.15 bits per heavy atom. The van der Waals surface area contributed by atoms with Gasteiger partial charge in [-0.2, -0.15) is 0 Å². The molecule has 20 heavy (non-hydrogen) atoms. The molecule has 0 radical (unpaired) electrons. The fraction of sp³-hybridized carbons (Fsp3) is 0.0625. The molecule has 0 spiro atoms. The Morgan fingerprint density at radius 2 is 2.00 bits per heavy atom. The van der Waals surface area contributed by atoms with Crippen LogP contribution in [0.3, 0.4) is 0 Å². The number of amides is 1. The highest BCUT2D eigenvalue weighted by Gasteiger charge is 2.12. The van der Waals surface area contributed by atoms with Crippen molar-refractivity contribution < 1.29 is 14.3 Å². The summed E-state index contributed by atoms with van der Waals surface area (Å²) in [7, 11) is 0. The summed E-state index contributed by atoms with van der Waals surface area (Å²) in [5.41, 5.74) is 2.28. The van der Waals surface area contributed by atoms with E-state index in [-0.39, 0.29) is 17.4 Å². The first kappa shape index (κ1) is 12.3. The van der Waals surface area contributed by atoms with Crippen molar-refractivity contribution in [1.29, 1.82) is 0 Å². The van der Waals surface area contributed by atoms with Crippen molar-refractivity contribution in [3.8, 4) is 5.75 Å². The van der Waals surface area contributed by atoms with Crippen LogP contribution in [0.5, 0.6) is 5.75 Å². The van der Waals surface area contributed by atoms with E-state index in [1.54, 1.807) is 24.3 Å². The highest BCUT2D eigenvalue weighted by Crippen LogP contribution is 2.22. The Kier molecular flexibility index (Phi) is 2.91. The largest absolute Gasteiger partial charge is 0.508 e. The Labute approximate surface area is 115 Å². The molecule has 1 amide bonds. The van der Waals surface area contributed by atoms with Gasteiger partial charge in [-0.1, -0.05) is 18.2 Å². The third-order valence-corrected chi connectivity index (χ3v) is 3.00. The molecule has 4 nitrogen and oxygen atoms in total. The zero-order valence-electron chi connectivity index (χ0n) is 10.9. The first-order valence-electron chi connectivity index (χ1n) is 6.22. The molecule has 0 unspecified atom stereocenters. The monoisotopic (exact) mass is 267 g/mol. The zero-order valence-corrected chi connectivity index (χ0v) is 10.9. The molecule has 1 heterocycles. The number of aryl methyl sites for hydroxylation is 1. The lowest BCUT2D eigenvalue weighted by Gasteiger charge is -2.02. The van der Waals surface area contributed by atoms with Crippen LogP contribution in [0.4, 0.5) is 5.69 Å². The molecule has 4 heteroatoms. The van der Waals surface area contributed by atoms with Crippen LogP contribution in [0.2, 0.25) is 0 Å². The molecule has 0 aliphatic heterocycles. The summed E-state index contributed by atoms with van der Waals surface area (Å²) in [5, 5.41) is 12.9. The number of benzene rings is 2. The van der Waals surface area contributed by atoms with Crippen LogP contribution in [0.15, 0.2) is 52.9 Å². The molecular weight excluding hydrogens is 254 g/mol. The van der Waals surface area contributed by atoms with E-state index in [4.69, 9.17) is 4.42 Å². The molecule has 3 rings (SSSR count). The van der Waals surface area contributed by atoms with Gasteiger partial charge in [-0.05, 0) is 36.8 Å². The summed E-state index contributed by atoms with van der Waals surface area (Å²) in [5.74, 6) is 0.00132. The molecule has 0 atom stereocenters. The molecule has 1 aromatic heterocycles. The van der Waals surface area contributed by atoms with Gasteiger partial charge in [0.15, 0.2) is 5.76 Å². The molecule has 0 aliphatic rings. The van der Waals surface area contributed by atoms with Crippen molar-refractivity contribution in [3.63, 3.8) is 0 Å². The van der Waals surface area contributed by atoms with Crippen LogP contribution < -0.4 is 5.32 Å². The van der Waals surface area contributed by atoms with Gasteiger partial charge in [0, 0.05) is 17.1 Å². The van der Waals surface area contributed by atoms with Gasteiger partial charge < -0.3 is 14.8 Å². The number of rotatable bonds is 2. The lowest BCUT2D eigenvalue weighted by Crippen LogP contribution is -2.10. The number of phenolic OH excluding ortho intramolecular Hbond substituents is 1. The van der Waals surface area contributed by atoms with Crippen molar-refractivity contribution >= 4 is 22.6 Å². The van der Waals surface area contributed by atoms with E-state index in [0.29, 0.717) is 11.3 Å². The summed E-state index contributed by atoms with van der Waals surface area (Å²) in [6, 6.07) is 13.9. The first-order chi connectivity index (χ1) is 9.61. The summed E-state index contributed by atoms with van der Waals surface area (Å²) in [6.07, 6.45) is 0. The normalized spacial score (nSPS) is 10.7. The topological polar surface area (TPSA) is 62.5 Å². The van der Waals surface area contributed by atoms with Gasteiger partial charge >= 0.3 is 0 Å². The number of carbonyl (C=O) groups is 1. The number of hydrogen-bond donors (Lipinski definition) is 2. The van der Waals surface area contributed by atoms with E-state index in [1.807, 2.05) is 25.1 Å². The van der Waals surface area contributed by atoms with Crippen LogP contribution >= 0.6 is 0 Å². The van der Waals surface area contributed by atoms with Crippen molar-refractivity contribution in [2.45, 2.75) is 6.92 Å². The minimum absolute atomic E-state index is 0.100. The second-order valence-corrected chi connectivity index (χ2v) is 4.66. The first-order valence-corrected chi connectivity index (χ1v) is 6.22. The lowest BCUT2D eigenvalue weighted by atomic mass is 10.2. The predicted octanol–water partition coefficient (Wildman–Crippen LogP) is 3.70. The van der Waals surface area contributed by atoms with Gasteiger partial charge in [-0.15, -0.1) is 0 Å². The Morgan fingerprint density at radius 3 is 2.80 bits per heavy atom. The molecule has 100 valence electrons. The van der Waals surface area contributed by atoms with Gasteiger partial charge in [-0.25, -0.2) is 0 Å². The van der Waals surface area contributed by atoms with Crippen LogP contribution in [0.25, 0.3) is 11.0 Å². The average Bonchev–Trinajstić information content (AvgIpc) is 2.81. The van der Waals surface area contributed by atoms with Gasteiger partial charge in [-0.3, -0.25) is 4.79 Å². The molecule has 0 saturated heterocycles. The minimum atomic E-state index is -0.343. The number of nitrogens with one attached hydrogen (secondary N) is 1. The molecule has 0 fully saturated rings. The summed E-state index contributed by atoms with van der Waals surface area (Å²) >= 11 is 0. The number of hydrogen-bond acceptors (Lipinski definition) is 3. The molecule has 0 bridgehead atoms. The maximum atomic E-state index is 12.1. The van der Waals surface area contributed by atoms with E-state index in [2.05, 4.69) is 5.32 Å². The fourth-order valence-electron chi connectivity index (χ4n) is 2.03. The average molecular weight is 267 g/mol. The van der Waals surface area contributed by atoms with Gasteiger partial charge in [0.05, 0.1) is 0 Å². The number of phenols is 1. The second-order valence-electron chi connectivity index (χ2n) is 4.66. The molecule has 0 saturated carbocycles. The summed E-state index contributed by atoms with van der Waals surface area (Å²) < 4.78 is 5.54. The fourth-order valence-corrected chi connectivity index (χ4v) is 2.03. The third-order valence-electron chi connectivity index (χ3n) is 3.00. The highest BCUT2D eigenvalue weighted by atomic mass is 16.3. The highest BCUT2D eigenvalue weighted by molar-refractivity contribution is 6.04. The van der Waals surface area contributed by atoms with Gasteiger partial charge in [0.2, 0.25) is 0 Å². The number of anilines is 1. The van der Waals surface area contributed by atoms with E-state index in [1.165, 1.54) is 6.07 Å². The zero-order chi connectivity index (χ0) is 14.1. The molecule has 3 aromatic rings. The van der Waals surface area contributed by atoms with Crippen LogP contribution in [0, 0.1) is 6.92 Å². The maximum absolute atomic E-state index is 12.1. The van der Waals surface area contributed by atoms with E-state index in [9.17, 15) is 9.90 Å². The Bertz CT molecular complexity index is 789. The molecule has 2 aromatic carbocycles.